The zero-order chi connectivity index (χ0) is 14.8. The van der Waals surface area contributed by atoms with E-state index in [0.717, 1.165) is 0 Å². The molecule has 0 aromatic carbocycles. The highest BCUT2D eigenvalue weighted by atomic mass is 19.4. The molecule has 1 fully saturated rings. The van der Waals surface area contributed by atoms with Crippen molar-refractivity contribution in [3.8, 4) is 0 Å². The third-order valence-electron chi connectivity index (χ3n) is 3.45. The Labute approximate surface area is 113 Å². The Morgan fingerprint density at radius 3 is 2.50 bits per heavy atom. The monoisotopic (exact) mass is 292 g/mol. The Morgan fingerprint density at radius 2 is 1.95 bits per heavy atom. The van der Waals surface area contributed by atoms with Gasteiger partial charge in [-0.05, 0) is 25.7 Å². The van der Waals surface area contributed by atoms with Crippen molar-refractivity contribution >= 4 is 5.97 Å². The number of ether oxygens (including phenoxy) is 1. The lowest BCUT2D eigenvalue weighted by Gasteiger charge is -2.24. The van der Waals surface area contributed by atoms with E-state index in [-0.39, 0.29) is 23.7 Å². The number of hydrogen-bond donors (Lipinski definition) is 0. The highest BCUT2D eigenvalue weighted by Gasteiger charge is 2.33. The lowest BCUT2D eigenvalue weighted by atomic mass is 9.82. The normalized spacial score (nSPS) is 23.6. The molecule has 1 heterocycles. The van der Waals surface area contributed by atoms with Crippen LogP contribution in [0.4, 0.5) is 13.2 Å². The van der Waals surface area contributed by atoms with Crippen LogP contribution in [0.2, 0.25) is 0 Å². The molecule has 0 bridgehead atoms. The molecule has 0 aliphatic heterocycles. The summed E-state index contributed by atoms with van der Waals surface area (Å²) in [6.45, 7) is 0. The number of methoxy groups -OCH3 is 1. The molecule has 5 nitrogen and oxygen atoms in total. The Balaban J connectivity index is 1.92. The van der Waals surface area contributed by atoms with E-state index in [0.29, 0.717) is 25.7 Å². The van der Waals surface area contributed by atoms with Crippen molar-refractivity contribution in [3.05, 3.63) is 11.8 Å². The predicted octanol–water partition coefficient (Wildman–Crippen LogP) is 2.62. The van der Waals surface area contributed by atoms with Gasteiger partial charge in [-0.3, -0.25) is 4.79 Å². The fourth-order valence-electron chi connectivity index (χ4n) is 2.42. The first-order chi connectivity index (χ1) is 9.39. The van der Waals surface area contributed by atoms with Gasteiger partial charge in [0.25, 0.3) is 0 Å². The average Bonchev–Trinajstić information content (AvgIpc) is 2.84. The average molecular weight is 292 g/mol. The Kier molecular flexibility index (Phi) is 4.29. The van der Waals surface area contributed by atoms with Gasteiger partial charge in [-0.25, -0.2) is 0 Å². The second kappa shape index (κ2) is 5.80. The number of esters is 1. The Bertz CT molecular complexity index is 465. The molecular formula is C12H15F3N2O3. The molecule has 1 aromatic heterocycles. The van der Waals surface area contributed by atoms with Crippen molar-refractivity contribution in [1.82, 2.24) is 10.2 Å². The van der Waals surface area contributed by atoms with E-state index in [9.17, 15) is 18.0 Å². The topological polar surface area (TPSA) is 65.2 Å². The van der Waals surface area contributed by atoms with Crippen LogP contribution in [0.1, 0.15) is 43.4 Å². The Morgan fingerprint density at radius 1 is 1.30 bits per heavy atom. The van der Waals surface area contributed by atoms with Crippen LogP contribution in [0.25, 0.3) is 0 Å². The van der Waals surface area contributed by atoms with Gasteiger partial charge in [0.1, 0.15) is 6.42 Å². The molecule has 0 atom stereocenters. The molecule has 1 aliphatic rings. The van der Waals surface area contributed by atoms with Gasteiger partial charge in [0.2, 0.25) is 11.8 Å². The van der Waals surface area contributed by atoms with Crippen LogP contribution in [0.5, 0.6) is 0 Å². The summed E-state index contributed by atoms with van der Waals surface area (Å²) < 4.78 is 46.3. The number of carbonyl (C=O) groups excluding carboxylic acids is 1. The SMILES string of the molecule is COC(=O)[C@H]1CC[C@H](c2nnc(CC(F)(F)F)o2)CC1. The van der Waals surface area contributed by atoms with Crippen LogP contribution in [0, 0.1) is 5.92 Å². The number of alkyl halides is 3. The zero-order valence-corrected chi connectivity index (χ0v) is 10.9. The largest absolute Gasteiger partial charge is 0.469 e. The van der Waals surface area contributed by atoms with Crippen molar-refractivity contribution in [3.63, 3.8) is 0 Å². The number of halogens is 3. The molecule has 2 rings (SSSR count). The number of hydrogen-bond acceptors (Lipinski definition) is 5. The summed E-state index contributed by atoms with van der Waals surface area (Å²) >= 11 is 0. The number of nitrogens with zero attached hydrogens (tertiary/aromatic N) is 2. The second-order valence-corrected chi connectivity index (χ2v) is 4.90. The maximum atomic E-state index is 12.2. The maximum absolute atomic E-state index is 12.2. The molecule has 1 saturated carbocycles. The quantitative estimate of drug-likeness (QED) is 0.801. The minimum atomic E-state index is -4.35. The van der Waals surface area contributed by atoms with Crippen LogP contribution in [-0.2, 0) is 16.0 Å². The van der Waals surface area contributed by atoms with Crippen LogP contribution < -0.4 is 0 Å². The highest BCUT2D eigenvalue weighted by molar-refractivity contribution is 5.72. The molecule has 0 radical (unpaired) electrons. The highest BCUT2D eigenvalue weighted by Crippen LogP contribution is 2.36. The van der Waals surface area contributed by atoms with Gasteiger partial charge in [-0.2, -0.15) is 13.2 Å². The molecule has 0 spiro atoms. The molecule has 20 heavy (non-hydrogen) atoms. The first-order valence-corrected chi connectivity index (χ1v) is 6.36. The molecule has 0 saturated heterocycles. The minimum absolute atomic E-state index is 0.0783. The van der Waals surface area contributed by atoms with Crippen LogP contribution in [0.3, 0.4) is 0 Å². The first-order valence-electron chi connectivity index (χ1n) is 6.36. The minimum Gasteiger partial charge on any atom is -0.469 e. The molecule has 0 unspecified atom stereocenters. The Hall–Kier alpha value is -1.60. The van der Waals surface area contributed by atoms with Gasteiger partial charge in [0, 0.05) is 5.92 Å². The van der Waals surface area contributed by atoms with Crippen molar-refractivity contribution < 1.29 is 27.1 Å². The second-order valence-electron chi connectivity index (χ2n) is 4.90. The van der Waals surface area contributed by atoms with Crippen molar-refractivity contribution in [2.75, 3.05) is 7.11 Å². The third-order valence-corrected chi connectivity index (χ3v) is 3.45. The van der Waals surface area contributed by atoms with Gasteiger partial charge >= 0.3 is 12.1 Å². The fraction of sp³-hybridized carbons (Fsp3) is 0.750. The standard InChI is InChI=1S/C12H15F3N2O3/c1-19-11(18)8-4-2-7(3-5-8)10-17-16-9(20-10)6-12(13,14)15/h7-8H,2-6H2,1H3/t7-,8-. The van der Waals surface area contributed by atoms with E-state index in [4.69, 9.17) is 4.42 Å². The molecule has 1 aliphatic carbocycles. The third kappa shape index (κ3) is 3.71. The van der Waals surface area contributed by atoms with Crippen LogP contribution in [-0.4, -0.2) is 29.5 Å². The first kappa shape index (κ1) is 14.8. The summed E-state index contributed by atoms with van der Waals surface area (Å²) in [6, 6.07) is 0. The van der Waals surface area contributed by atoms with Crippen molar-refractivity contribution in [2.24, 2.45) is 5.92 Å². The van der Waals surface area contributed by atoms with Crippen molar-refractivity contribution in [2.45, 2.75) is 44.2 Å². The van der Waals surface area contributed by atoms with Gasteiger partial charge in [-0.1, -0.05) is 0 Å². The number of aromatic nitrogens is 2. The van der Waals surface area contributed by atoms with E-state index in [1.807, 2.05) is 0 Å². The van der Waals surface area contributed by atoms with E-state index < -0.39 is 18.5 Å². The van der Waals surface area contributed by atoms with Crippen LogP contribution in [0.15, 0.2) is 4.42 Å². The lowest BCUT2D eigenvalue weighted by molar-refractivity contribution is -0.146. The van der Waals surface area contributed by atoms with E-state index in [2.05, 4.69) is 14.9 Å². The molecule has 8 heteroatoms. The van der Waals surface area contributed by atoms with Gasteiger partial charge in [0.05, 0.1) is 13.0 Å². The molecular weight excluding hydrogens is 277 g/mol. The van der Waals surface area contributed by atoms with Gasteiger partial charge < -0.3 is 9.15 Å². The summed E-state index contributed by atoms with van der Waals surface area (Å²) in [5, 5.41) is 7.10. The molecule has 0 N–H and O–H groups in total. The molecule has 112 valence electrons. The van der Waals surface area contributed by atoms with Gasteiger partial charge in [-0.15, -0.1) is 10.2 Å². The molecule has 1 aromatic rings. The van der Waals surface area contributed by atoms with Gasteiger partial charge in [0.15, 0.2) is 0 Å². The van der Waals surface area contributed by atoms with Crippen LogP contribution >= 0.6 is 0 Å². The summed E-state index contributed by atoms with van der Waals surface area (Å²) in [4.78, 5) is 11.4. The van der Waals surface area contributed by atoms with Crippen molar-refractivity contribution in [1.29, 1.82) is 0 Å². The van der Waals surface area contributed by atoms with E-state index >= 15 is 0 Å². The fourth-order valence-corrected chi connectivity index (χ4v) is 2.42. The number of carbonyl (C=O) groups is 1. The summed E-state index contributed by atoms with van der Waals surface area (Å²) in [5.41, 5.74) is 0. The maximum Gasteiger partial charge on any atom is 0.397 e. The summed E-state index contributed by atoms with van der Waals surface area (Å²) in [7, 11) is 1.34. The summed E-state index contributed by atoms with van der Waals surface area (Å²) in [5.74, 6) is -0.652. The van der Waals surface area contributed by atoms with E-state index in [1.54, 1.807) is 0 Å². The number of rotatable bonds is 3. The van der Waals surface area contributed by atoms with E-state index in [1.165, 1.54) is 7.11 Å². The molecule has 0 amide bonds. The summed E-state index contributed by atoms with van der Waals surface area (Å²) in [6.07, 6.45) is -3.06. The predicted molar refractivity (Wildman–Crippen MR) is 60.8 cm³/mol. The smallest absolute Gasteiger partial charge is 0.397 e. The zero-order valence-electron chi connectivity index (χ0n) is 10.9. The lowest BCUT2D eigenvalue weighted by Crippen LogP contribution is -2.22.